The second-order valence-corrected chi connectivity index (χ2v) is 16.1. The number of fused-ring (bicyclic) bond motifs is 4. The van der Waals surface area contributed by atoms with Gasteiger partial charge in [0.2, 0.25) is 0 Å². The summed E-state index contributed by atoms with van der Waals surface area (Å²) in [5.41, 5.74) is 3.12. The number of carbonyl (C=O) groups excluding carboxylic acids is 1. The molecule has 2 aliphatic rings. The molecule has 4 bridgehead atoms. The van der Waals surface area contributed by atoms with Crippen molar-refractivity contribution in [2.45, 2.75) is 97.2 Å². The highest BCUT2D eigenvalue weighted by atomic mass is 28.4. The number of hydrogen-bond acceptors (Lipinski definition) is 5. The molecule has 0 aromatic carbocycles. The lowest BCUT2D eigenvalue weighted by molar-refractivity contribution is -0.146. The molecule has 178 valence electrons. The molecule has 1 aromatic heterocycles. The van der Waals surface area contributed by atoms with Gasteiger partial charge in [0.1, 0.15) is 17.6 Å². The molecule has 1 fully saturated rings. The van der Waals surface area contributed by atoms with Crippen LogP contribution in [-0.4, -0.2) is 31.6 Å². The van der Waals surface area contributed by atoms with Crippen molar-refractivity contribution in [3.63, 3.8) is 0 Å². The molecule has 2 aliphatic heterocycles. The first-order chi connectivity index (χ1) is 14.8. The van der Waals surface area contributed by atoms with E-state index in [1.54, 1.807) is 0 Å². The van der Waals surface area contributed by atoms with Crippen LogP contribution in [0.4, 0.5) is 0 Å². The molecule has 3 rings (SSSR count). The maximum Gasteiger partial charge on any atom is 0.311 e. The van der Waals surface area contributed by atoms with Gasteiger partial charge in [0.25, 0.3) is 0 Å². The first-order valence-electron chi connectivity index (χ1n) is 11.7. The van der Waals surface area contributed by atoms with Crippen molar-refractivity contribution in [3.8, 4) is 0 Å². The normalized spacial score (nSPS) is 28.8. The van der Waals surface area contributed by atoms with E-state index in [9.17, 15) is 9.90 Å². The summed E-state index contributed by atoms with van der Waals surface area (Å²) < 4.78 is 18.4. The van der Waals surface area contributed by atoms with Crippen LogP contribution in [0.2, 0.25) is 18.1 Å². The number of aliphatic hydroxyl groups excluding tert-OH is 1. The van der Waals surface area contributed by atoms with Crippen LogP contribution in [-0.2, 0) is 27.0 Å². The predicted octanol–water partition coefficient (Wildman–Crippen LogP) is 6.03. The molecule has 1 N–H and O–H groups in total. The Kier molecular flexibility index (Phi) is 7.28. The quantitative estimate of drug-likeness (QED) is 0.338. The van der Waals surface area contributed by atoms with Gasteiger partial charge in [-0.2, -0.15) is 0 Å². The van der Waals surface area contributed by atoms with Crippen molar-refractivity contribution in [1.29, 1.82) is 0 Å². The van der Waals surface area contributed by atoms with Crippen molar-refractivity contribution in [2.24, 2.45) is 11.8 Å². The van der Waals surface area contributed by atoms with Crippen molar-refractivity contribution in [1.82, 2.24) is 0 Å². The maximum absolute atomic E-state index is 12.4. The summed E-state index contributed by atoms with van der Waals surface area (Å²) in [6, 6.07) is 2.08. The molecule has 1 unspecified atom stereocenters. The van der Waals surface area contributed by atoms with E-state index in [0.717, 1.165) is 28.2 Å². The lowest BCUT2D eigenvalue weighted by Gasteiger charge is -2.36. The first kappa shape index (κ1) is 25.0. The van der Waals surface area contributed by atoms with Gasteiger partial charge in [0.15, 0.2) is 8.32 Å². The smallest absolute Gasteiger partial charge is 0.311 e. The van der Waals surface area contributed by atoms with E-state index >= 15 is 0 Å². The SMILES string of the molecule is C=C(C)[C@H]1Cc2oc(cc2CO[Si](C)(C)C(C)(C)C)/C=C(\C)C[C@@H]2CC(C(=O)O2)[C@@H](O)C1. The Morgan fingerprint density at radius 3 is 2.59 bits per heavy atom. The Balaban J connectivity index is 1.94. The third-order valence-electron chi connectivity index (χ3n) is 7.47. The van der Waals surface area contributed by atoms with Crippen LogP contribution in [0.5, 0.6) is 0 Å². The molecule has 1 saturated heterocycles. The average molecular weight is 461 g/mol. The van der Waals surface area contributed by atoms with E-state index in [0.29, 0.717) is 32.3 Å². The van der Waals surface area contributed by atoms with Crippen LogP contribution in [0.1, 0.15) is 71.0 Å². The van der Waals surface area contributed by atoms with Crippen LogP contribution >= 0.6 is 0 Å². The van der Waals surface area contributed by atoms with Gasteiger partial charge in [-0.25, -0.2) is 0 Å². The van der Waals surface area contributed by atoms with Crippen LogP contribution in [0.3, 0.4) is 0 Å². The van der Waals surface area contributed by atoms with Crippen molar-refractivity contribution in [2.75, 3.05) is 0 Å². The van der Waals surface area contributed by atoms with E-state index in [-0.39, 0.29) is 23.0 Å². The van der Waals surface area contributed by atoms with Gasteiger partial charge in [-0.1, -0.05) is 38.5 Å². The third kappa shape index (κ3) is 5.64. The Morgan fingerprint density at radius 1 is 1.28 bits per heavy atom. The number of aliphatic hydroxyl groups is 1. The topological polar surface area (TPSA) is 68.9 Å². The minimum absolute atomic E-state index is 0.00769. The van der Waals surface area contributed by atoms with E-state index in [4.69, 9.17) is 13.6 Å². The summed E-state index contributed by atoms with van der Waals surface area (Å²) in [7, 11) is -1.91. The second-order valence-electron chi connectivity index (χ2n) is 11.3. The van der Waals surface area contributed by atoms with E-state index < -0.39 is 20.3 Å². The van der Waals surface area contributed by atoms with Crippen LogP contribution in [0.25, 0.3) is 6.08 Å². The number of allylic oxidation sites excluding steroid dienone is 1. The first-order valence-corrected chi connectivity index (χ1v) is 14.6. The average Bonchev–Trinajstić information content (AvgIpc) is 3.20. The predicted molar refractivity (Wildman–Crippen MR) is 130 cm³/mol. The molecule has 0 amide bonds. The summed E-state index contributed by atoms with van der Waals surface area (Å²) in [4.78, 5) is 12.4. The fraction of sp³-hybridized carbons (Fsp3) is 0.654. The van der Waals surface area contributed by atoms with Gasteiger partial charge in [-0.05, 0) is 56.5 Å². The minimum Gasteiger partial charge on any atom is -0.462 e. The lowest BCUT2D eigenvalue weighted by Crippen LogP contribution is -2.40. The molecule has 0 saturated carbocycles. The summed E-state index contributed by atoms with van der Waals surface area (Å²) in [6.45, 7) is 19.9. The largest absolute Gasteiger partial charge is 0.462 e. The summed E-state index contributed by atoms with van der Waals surface area (Å²) in [5, 5.41) is 11.0. The molecule has 5 nitrogen and oxygen atoms in total. The van der Waals surface area contributed by atoms with Gasteiger partial charge in [-0.15, -0.1) is 0 Å². The number of esters is 1. The Hall–Kier alpha value is -1.63. The highest BCUT2D eigenvalue weighted by Gasteiger charge is 2.40. The number of rotatable bonds is 4. The molecule has 0 aliphatic carbocycles. The number of hydrogen-bond donors (Lipinski definition) is 1. The van der Waals surface area contributed by atoms with Crippen LogP contribution in [0, 0.1) is 11.8 Å². The van der Waals surface area contributed by atoms with Crippen LogP contribution in [0.15, 0.2) is 28.2 Å². The molecule has 0 radical (unpaired) electrons. The number of carbonyl (C=O) groups is 1. The highest BCUT2D eigenvalue weighted by molar-refractivity contribution is 6.74. The molecule has 4 atom stereocenters. The molecule has 32 heavy (non-hydrogen) atoms. The van der Waals surface area contributed by atoms with Crippen molar-refractivity contribution in [3.05, 3.63) is 40.9 Å². The van der Waals surface area contributed by atoms with E-state index in [1.165, 1.54) is 0 Å². The standard InChI is InChI=1S/C26H40O5Si/c1-16(2)18-12-23(27)22-14-21(31-25(22)28)10-17(3)9-20-11-19(24(13-18)30-20)15-29-32(7,8)26(4,5)6/h9,11,18,21-23,27H,1,10,12-15H2,2-8H3/b17-9+/t18-,21-,22?,23+/m1/s1. The molecule has 1 aromatic rings. The molecule has 0 spiro atoms. The van der Waals surface area contributed by atoms with E-state index in [1.807, 2.05) is 19.9 Å². The zero-order valence-corrected chi connectivity index (χ0v) is 21.8. The fourth-order valence-electron chi connectivity index (χ4n) is 4.25. The fourth-order valence-corrected chi connectivity index (χ4v) is 5.20. The molecular weight excluding hydrogens is 420 g/mol. The summed E-state index contributed by atoms with van der Waals surface area (Å²) in [5.74, 6) is 0.938. The van der Waals surface area contributed by atoms with Gasteiger partial charge in [0.05, 0.1) is 18.6 Å². The molecule has 3 heterocycles. The van der Waals surface area contributed by atoms with Gasteiger partial charge >= 0.3 is 5.97 Å². The lowest BCUT2D eigenvalue weighted by atomic mass is 9.84. The van der Waals surface area contributed by atoms with Crippen molar-refractivity contribution < 1.29 is 23.5 Å². The van der Waals surface area contributed by atoms with Gasteiger partial charge in [0, 0.05) is 24.8 Å². The van der Waals surface area contributed by atoms with Crippen LogP contribution < -0.4 is 0 Å². The van der Waals surface area contributed by atoms with E-state index in [2.05, 4.69) is 46.5 Å². The zero-order chi connectivity index (χ0) is 23.8. The Morgan fingerprint density at radius 2 is 1.97 bits per heavy atom. The van der Waals surface area contributed by atoms with Gasteiger partial charge in [-0.3, -0.25) is 4.79 Å². The number of furan rings is 1. The highest BCUT2D eigenvalue weighted by Crippen LogP contribution is 2.38. The van der Waals surface area contributed by atoms with Crippen molar-refractivity contribution >= 4 is 20.4 Å². The summed E-state index contributed by atoms with van der Waals surface area (Å²) >= 11 is 0. The molecule has 6 heteroatoms. The maximum atomic E-state index is 12.4. The summed E-state index contributed by atoms with van der Waals surface area (Å²) in [6.07, 6.45) is 3.38. The Bertz CT molecular complexity index is 889. The zero-order valence-electron chi connectivity index (χ0n) is 20.8. The van der Waals surface area contributed by atoms with Gasteiger partial charge < -0.3 is 18.7 Å². The minimum atomic E-state index is -1.91. The second kappa shape index (κ2) is 9.32. The molecular formula is C26H40O5Si. The Labute approximate surface area is 194 Å². The number of ether oxygens (including phenoxy) is 1. The monoisotopic (exact) mass is 460 g/mol. The third-order valence-corrected chi connectivity index (χ3v) is 11.9.